The van der Waals surface area contributed by atoms with Gasteiger partial charge in [0.05, 0.1) is 23.6 Å². The first-order valence-corrected chi connectivity index (χ1v) is 7.17. The van der Waals surface area contributed by atoms with E-state index in [1.165, 1.54) is 0 Å². The van der Waals surface area contributed by atoms with Crippen molar-refractivity contribution in [3.63, 3.8) is 0 Å². The first-order chi connectivity index (χ1) is 10.2. The van der Waals surface area contributed by atoms with Gasteiger partial charge < -0.3 is 19.3 Å². The van der Waals surface area contributed by atoms with Crippen LogP contribution < -0.4 is 10.1 Å². The summed E-state index contributed by atoms with van der Waals surface area (Å²) in [5.74, 6) is 0.355. The zero-order valence-corrected chi connectivity index (χ0v) is 12.5. The van der Waals surface area contributed by atoms with Crippen LogP contribution in [-0.2, 0) is 4.74 Å². The molecule has 0 aliphatic heterocycles. The molecule has 0 saturated heterocycles. The van der Waals surface area contributed by atoms with Gasteiger partial charge in [-0.1, -0.05) is 31.0 Å². The molecule has 114 valence electrons. The van der Waals surface area contributed by atoms with Gasteiger partial charge in [-0.2, -0.15) is 0 Å². The number of nitrogens with zero attached hydrogens (tertiary/aromatic N) is 1. The third-order valence-electron chi connectivity index (χ3n) is 2.76. The van der Waals surface area contributed by atoms with E-state index in [1.807, 2.05) is 6.92 Å². The van der Waals surface area contributed by atoms with Gasteiger partial charge in [0, 0.05) is 0 Å². The van der Waals surface area contributed by atoms with Crippen molar-refractivity contribution in [1.29, 1.82) is 0 Å². The van der Waals surface area contributed by atoms with Gasteiger partial charge in [-0.15, -0.1) is 0 Å². The number of alkyl carbamates (subject to hydrolysis) is 1. The average molecular weight is 313 g/mol. The van der Waals surface area contributed by atoms with Crippen LogP contribution in [0.1, 0.15) is 19.8 Å². The van der Waals surface area contributed by atoms with E-state index in [2.05, 4.69) is 10.5 Å². The van der Waals surface area contributed by atoms with Crippen molar-refractivity contribution >= 4 is 28.7 Å². The molecule has 0 aliphatic carbocycles. The molecule has 1 N–H and O–H groups in total. The first kappa shape index (κ1) is 15.4. The maximum Gasteiger partial charge on any atom is 0.407 e. The summed E-state index contributed by atoms with van der Waals surface area (Å²) < 4.78 is 15.5. The highest BCUT2D eigenvalue weighted by atomic mass is 35.5. The Kier molecular flexibility index (Phi) is 5.68. The molecule has 1 aromatic heterocycles. The molecule has 0 spiro atoms. The summed E-state index contributed by atoms with van der Waals surface area (Å²) in [4.78, 5) is 11.3. The molecule has 0 bridgehead atoms. The Morgan fingerprint density at radius 2 is 2.29 bits per heavy atom. The number of carbonyl (C=O) groups excluding carboxylic acids is 1. The Morgan fingerprint density at radius 3 is 3.10 bits per heavy atom. The van der Waals surface area contributed by atoms with Crippen molar-refractivity contribution < 1.29 is 18.8 Å². The number of amides is 1. The number of ether oxygens (including phenoxy) is 2. The van der Waals surface area contributed by atoms with E-state index in [1.54, 1.807) is 18.2 Å². The number of aromatic nitrogens is 1. The lowest BCUT2D eigenvalue weighted by atomic mass is 10.2. The summed E-state index contributed by atoms with van der Waals surface area (Å²) in [6.07, 6.45) is 1.40. The number of rotatable bonds is 7. The lowest BCUT2D eigenvalue weighted by molar-refractivity contribution is 0.142. The van der Waals surface area contributed by atoms with Crippen LogP contribution in [-0.4, -0.2) is 31.0 Å². The number of hydrogen-bond donors (Lipinski definition) is 1. The van der Waals surface area contributed by atoms with Crippen molar-refractivity contribution in [2.24, 2.45) is 0 Å². The second-order valence-corrected chi connectivity index (χ2v) is 4.78. The molecular weight excluding hydrogens is 296 g/mol. The fourth-order valence-corrected chi connectivity index (χ4v) is 1.88. The fraction of sp³-hybridized carbons (Fsp3) is 0.429. The van der Waals surface area contributed by atoms with E-state index in [0.29, 0.717) is 35.0 Å². The zero-order chi connectivity index (χ0) is 15.1. The van der Waals surface area contributed by atoms with Crippen molar-refractivity contribution in [3.05, 3.63) is 23.2 Å². The standard InChI is InChI=1S/C14H17ClN2O4/c1-2-3-8-20-14(18)16-7-9-19-13-10-5-4-6-11(15)12(10)21-17-13/h4-6H,2-3,7-9H2,1H3,(H,16,18). The summed E-state index contributed by atoms with van der Waals surface area (Å²) in [5, 5.41) is 7.58. The van der Waals surface area contributed by atoms with Crippen LogP contribution in [0.4, 0.5) is 4.79 Å². The van der Waals surface area contributed by atoms with E-state index >= 15 is 0 Å². The number of carbonyl (C=O) groups is 1. The van der Waals surface area contributed by atoms with Crippen LogP contribution in [0.5, 0.6) is 5.88 Å². The number of hydrogen-bond acceptors (Lipinski definition) is 5. The minimum Gasteiger partial charge on any atom is -0.473 e. The van der Waals surface area contributed by atoms with Crippen molar-refractivity contribution in [3.8, 4) is 5.88 Å². The smallest absolute Gasteiger partial charge is 0.407 e. The normalized spacial score (nSPS) is 10.6. The number of halogens is 1. The molecule has 0 aliphatic rings. The summed E-state index contributed by atoms with van der Waals surface area (Å²) in [6.45, 7) is 3.04. The van der Waals surface area contributed by atoms with Gasteiger partial charge in [0.1, 0.15) is 6.61 Å². The Bertz CT molecular complexity index is 600. The Morgan fingerprint density at radius 1 is 1.43 bits per heavy atom. The third-order valence-corrected chi connectivity index (χ3v) is 3.06. The number of nitrogens with one attached hydrogen (secondary N) is 1. The van der Waals surface area contributed by atoms with E-state index in [4.69, 9.17) is 25.6 Å². The Hall–Kier alpha value is -1.95. The van der Waals surface area contributed by atoms with Crippen molar-refractivity contribution in [2.45, 2.75) is 19.8 Å². The minimum atomic E-state index is -0.444. The predicted molar refractivity (Wildman–Crippen MR) is 78.8 cm³/mol. The third kappa shape index (κ3) is 4.26. The van der Waals surface area contributed by atoms with Gasteiger partial charge in [-0.25, -0.2) is 4.79 Å². The van der Waals surface area contributed by atoms with E-state index in [-0.39, 0.29) is 6.61 Å². The van der Waals surface area contributed by atoms with Crippen LogP contribution in [0, 0.1) is 0 Å². The molecule has 2 rings (SSSR count). The fourth-order valence-electron chi connectivity index (χ4n) is 1.67. The van der Waals surface area contributed by atoms with E-state index in [9.17, 15) is 4.79 Å². The molecule has 7 heteroatoms. The molecule has 0 saturated carbocycles. The number of unbranched alkanes of at least 4 members (excludes halogenated alkanes) is 1. The maximum absolute atomic E-state index is 11.3. The van der Waals surface area contributed by atoms with Crippen LogP contribution in [0.2, 0.25) is 5.02 Å². The molecule has 21 heavy (non-hydrogen) atoms. The van der Waals surface area contributed by atoms with E-state index < -0.39 is 6.09 Å². The average Bonchev–Trinajstić information content (AvgIpc) is 2.89. The molecule has 0 radical (unpaired) electrons. The summed E-state index contributed by atoms with van der Waals surface area (Å²) in [7, 11) is 0. The summed E-state index contributed by atoms with van der Waals surface area (Å²) >= 11 is 5.97. The SMILES string of the molecule is CCCCOC(=O)NCCOc1noc2c(Cl)cccc12. The highest BCUT2D eigenvalue weighted by molar-refractivity contribution is 6.34. The summed E-state index contributed by atoms with van der Waals surface area (Å²) in [6, 6.07) is 5.31. The minimum absolute atomic E-state index is 0.261. The molecule has 0 fully saturated rings. The number of para-hydroxylation sites is 1. The van der Waals surface area contributed by atoms with Gasteiger partial charge in [-0.3, -0.25) is 0 Å². The van der Waals surface area contributed by atoms with Gasteiger partial charge in [0.2, 0.25) is 0 Å². The van der Waals surface area contributed by atoms with Gasteiger partial charge in [0.25, 0.3) is 5.88 Å². The highest BCUT2D eigenvalue weighted by Gasteiger charge is 2.11. The molecule has 0 unspecified atom stereocenters. The Labute approximate surface area is 127 Å². The zero-order valence-electron chi connectivity index (χ0n) is 11.7. The highest BCUT2D eigenvalue weighted by Crippen LogP contribution is 2.29. The second-order valence-electron chi connectivity index (χ2n) is 4.37. The molecular formula is C14H17ClN2O4. The van der Waals surface area contributed by atoms with Gasteiger partial charge >= 0.3 is 6.09 Å². The Balaban J connectivity index is 1.75. The predicted octanol–water partition coefficient (Wildman–Crippen LogP) is 3.39. The van der Waals surface area contributed by atoms with Gasteiger partial charge in [-0.05, 0) is 23.7 Å². The van der Waals surface area contributed by atoms with Crippen molar-refractivity contribution in [2.75, 3.05) is 19.8 Å². The van der Waals surface area contributed by atoms with Crippen molar-refractivity contribution in [1.82, 2.24) is 10.5 Å². The molecule has 6 nitrogen and oxygen atoms in total. The van der Waals surface area contributed by atoms with Crippen LogP contribution in [0.3, 0.4) is 0 Å². The molecule has 2 aromatic rings. The number of benzene rings is 1. The van der Waals surface area contributed by atoms with Crippen LogP contribution in [0.15, 0.2) is 22.7 Å². The van der Waals surface area contributed by atoms with Crippen LogP contribution in [0.25, 0.3) is 11.0 Å². The van der Waals surface area contributed by atoms with Crippen LogP contribution >= 0.6 is 11.6 Å². The lowest BCUT2D eigenvalue weighted by Crippen LogP contribution is -2.29. The largest absolute Gasteiger partial charge is 0.473 e. The quantitative estimate of drug-likeness (QED) is 0.793. The maximum atomic E-state index is 11.3. The molecule has 0 atom stereocenters. The van der Waals surface area contributed by atoms with Gasteiger partial charge in [0.15, 0.2) is 5.58 Å². The summed E-state index contributed by atoms with van der Waals surface area (Å²) in [5.41, 5.74) is 0.487. The first-order valence-electron chi connectivity index (χ1n) is 6.79. The molecule has 1 heterocycles. The molecule has 1 amide bonds. The van der Waals surface area contributed by atoms with E-state index in [0.717, 1.165) is 12.8 Å². The second kappa shape index (κ2) is 7.73. The monoisotopic (exact) mass is 312 g/mol. The number of fused-ring (bicyclic) bond motifs is 1. The lowest BCUT2D eigenvalue weighted by Gasteiger charge is -2.06. The molecule has 1 aromatic carbocycles. The topological polar surface area (TPSA) is 73.6 Å².